The van der Waals surface area contributed by atoms with E-state index in [9.17, 15) is 9.59 Å². The first-order valence-electron chi connectivity index (χ1n) is 14.2. The summed E-state index contributed by atoms with van der Waals surface area (Å²) in [7, 11) is 3.39. The van der Waals surface area contributed by atoms with E-state index in [2.05, 4.69) is 32.1 Å². The summed E-state index contributed by atoms with van der Waals surface area (Å²) in [5, 5.41) is 9.99. The van der Waals surface area contributed by atoms with Gasteiger partial charge in [0, 0.05) is 30.5 Å². The Morgan fingerprint density at radius 1 is 1.05 bits per heavy atom. The molecule has 43 heavy (non-hydrogen) atoms. The van der Waals surface area contributed by atoms with Crippen molar-refractivity contribution in [1.29, 1.82) is 0 Å². The molecule has 4 heterocycles. The molecule has 0 spiro atoms. The fourth-order valence-electron chi connectivity index (χ4n) is 5.51. The van der Waals surface area contributed by atoms with Crippen molar-refractivity contribution >= 4 is 34.4 Å². The molecular weight excluding hydrogens is 548 g/mol. The van der Waals surface area contributed by atoms with Crippen molar-refractivity contribution in [3.63, 3.8) is 0 Å². The van der Waals surface area contributed by atoms with Gasteiger partial charge in [0.15, 0.2) is 0 Å². The normalized spacial score (nSPS) is 16.5. The summed E-state index contributed by atoms with van der Waals surface area (Å²) in [6.45, 7) is 7.63. The predicted molar refractivity (Wildman–Crippen MR) is 164 cm³/mol. The molecule has 2 aromatic heterocycles. The highest BCUT2D eigenvalue weighted by molar-refractivity contribution is 6.09. The van der Waals surface area contributed by atoms with Crippen molar-refractivity contribution in [2.75, 3.05) is 51.2 Å². The van der Waals surface area contributed by atoms with Crippen LogP contribution < -0.4 is 20.7 Å². The summed E-state index contributed by atoms with van der Waals surface area (Å²) in [6, 6.07) is 13.3. The topological polar surface area (TPSA) is 129 Å². The number of rotatable bonds is 9. The third-order valence-corrected chi connectivity index (χ3v) is 7.81. The third-order valence-electron chi connectivity index (χ3n) is 7.81. The summed E-state index contributed by atoms with van der Waals surface area (Å²) in [5.74, 6) is 0.681. The molecule has 0 saturated carbocycles. The smallest absolute Gasteiger partial charge is 0.255 e. The summed E-state index contributed by atoms with van der Waals surface area (Å²) >= 11 is 0. The molecule has 0 aliphatic carbocycles. The first-order chi connectivity index (χ1) is 20.9. The minimum atomic E-state index is -0.236. The number of carbonyl (C=O) groups is 2. The van der Waals surface area contributed by atoms with E-state index in [0.717, 1.165) is 39.8 Å². The SMILES string of the molecule is C=C(C)C(=O)Nc1ccc(-c2c(-c3ccc(C(=O)NC4CCOC4)c(OC)c3)c3c(NC)ncnc3n2C2COC2)cc1. The quantitative estimate of drug-likeness (QED) is 0.248. The lowest BCUT2D eigenvalue weighted by molar-refractivity contribution is -0.112. The fraction of sp³-hybridized carbons (Fsp3) is 0.312. The Labute approximate surface area is 249 Å². The molecular formula is C32H34N6O5. The number of fused-ring (bicyclic) bond motifs is 1. The highest BCUT2D eigenvalue weighted by Crippen LogP contribution is 2.46. The molecule has 1 unspecified atom stereocenters. The van der Waals surface area contributed by atoms with Crippen molar-refractivity contribution in [2.24, 2.45) is 0 Å². The molecule has 222 valence electrons. The van der Waals surface area contributed by atoms with E-state index in [0.29, 0.717) is 54.8 Å². The Kier molecular flexibility index (Phi) is 7.83. The zero-order chi connectivity index (χ0) is 30.1. The standard InChI is InChI=1S/C32H34N6O5/c1-18(2)31(39)36-21-8-5-19(6-9-21)28-26(27-29(33-3)34-17-35-30(27)38(28)23-15-43-16-23)20-7-10-24(25(13-20)41-4)32(40)37-22-11-12-42-14-22/h5-10,13,17,22-23H,1,11-12,14-16H2,2-4H3,(H,36,39)(H,37,40)(H,33,34,35). The van der Waals surface area contributed by atoms with Crippen LogP contribution in [-0.2, 0) is 14.3 Å². The molecule has 11 nitrogen and oxygen atoms in total. The predicted octanol–water partition coefficient (Wildman–Crippen LogP) is 4.42. The van der Waals surface area contributed by atoms with Crippen molar-refractivity contribution in [1.82, 2.24) is 19.9 Å². The van der Waals surface area contributed by atoms with Crippen LogP contribution in [0.4, 0.5) is 11.5 Å². The molecule has 0 radical (unpaired) electrons. The van der Waals surface area contributed by atoms with Gasteiger partial charge in [0.25, 0.3) is 11.8 Å². The number of nitrogens with zero attached hydrogens (tertiary/aromatic N) is 3. The minimum absolute atomic E-state index is 0.0235. The van der Waals surface area contributed by atoms with Crippen LogP contribution in [0.25, 0.3) is 33.4 Å². The van der Waals surface area contributed by atoms with Gasteiger partial charge in [-0.25, -0.2) is 9.97 Å². The molecule has 11 heteroatoms. The molecule has 4 aromatic rings. The van der Waals surface area contributed by atoms with Crippen LogP contribution in [0.5, 0.6) is 5.75 Å². The van der Waals surface area contributed by atoms with E-state index in [1.807, 2.05) is 43.4 Å². The Morgan fingerprint density at radius 3 is 2.44 bits per heavy atom. The number of hydrogen-bond acceptors (Lipinski definition) is 8. The van der Waals surface area contributed by atoms with Gasteiger partial charge >= 0.3 is 0 Å². The third kappa shape index (κ3) is 5.33. The van der Waals surface area contributed by atoms with E-state index >= 15 is 0 Å². The van der Waals surface area contributed by atoms with Crippen molar-refractivity contribution in [3.05, 3.63) is 66.5 Å². The maximum atomic E-state index is 13.2. The van der Waals surface area contributed by atoms with Crippen LogP contribution in [0.15, 0.2) is 60.9 Å². The highest BCUT2D eigenvalue weighted by Gasteiger charge is 2.32. The lowest BCUT2D eigenvalue weighted by atomic mass is 9.96. The highest BCUT2D eigenvalue weighted by atomic mass is 16.5. The molecule has 3 N–H and O–H groups in total. The van der Waals surface area contributed by atoms with Crippen LogP contribution in [0.1, 0.15) is 29.7 Å². The average molecular weight is 583 g/mol. The molecule has 2 fully saturated rings. The van der Waals surface area contributed by atoms with Gasteiger partial charge < -0.3 is 34.7 Å². The second kappa shape index (κ2) is 11.9. The van der Waals surface area contributed by atoms with Crippen LogP contribution in [0.3, 0.4) is 0 Å². The zero-order valence-corrected chi connectivity index (χ0v) is 24.4. The lowest BCUT2D eigenvalue weighted by Gasteiger charge is -2.30. The van der Waals surface area contributed by atoms with Gasteiger partial charge in [-0.15, -0.1) is 0 Å². The number of nitrogens with one attached hydrogen (secondary N) is 3. The maximum absolute atomic E-state index is 13.2. The van der Waals surface area contributed by atoms with E-state index in [1.54, 1.807) is 26.4 Å². The van der Waals surface area contributed by atoms with Crippen LogP contribution >= 0.6 is 0 Å². The van der Waals surface area contributed by atoms with Crippen LogP contribution in [-0.4, -0.2) is 73.0 Å². The summed E-state index contributed by atoms with van der Waals surface area (Å²) in [6.07, 6.45) is 2.33. The van der Waals surface area contributed by atoms with Gasteiger partial charge in [-0.1, -0.05) is 24.8 Å². The zero-order valence-electron chi connectivity index (χ0n) is 24.4. The average Bonchev–Trinajstić information content (AvgIpc) is 3.62. The summed E-state index contributed by atoms with van der Waals surface area (Å²) in [4.78, 5) is 34.7. The number of aromatic nitrogens is 3. The first-order valence-corrected chi connectivity index (χ1v) is 14.2. The number of anilines is 2. The second-order valence-corrected chi connectivity index (χ2v) is 10.7. The van der Waals surface area contributed by atoms with Crippen molar-refractivity contribution < 1.29 is 23.8 Å². The maximum Gasteiger partial charge on any atom is 0.255 e. The number of amides is 2. The Balaban J connectivity index is 1.52. The summed E-state index contributed by atoms with van der Waals surface area (Å²) in [5.41, 5.74) is 5.85. The molecule has 6 rings (SSSR count). The van der Waals surface area contributed by atoms with Crippen LogP contribution in [0.2, 0.25) is 0 Å². The number of carbonyl (C=O) groups excluding carboxylic acids is 2. The lowest BCUT2D eigenvalue weighted by Crippen LogP contribution is -2.35. The Hall–Kier alpha value is -4.74. The van der Waals surface area contributed by atoms with Gasteiger partial charge in [0.1, 0.15) is 23.5 Å². The van der Waals surface area contributed by atoms with E-state index in [1.165, 1.54) is 0 Å². The van der Waals surface area contributed by atoms with Gasteiger partial charge in [0.2, 0.25) is 0 Å². The van der Waals surface area contributed by atoms with E-state index < -0.39 is 0 Å². The van der Waals surface area contributed by atoms with Gasteiger partial charge in [0.05, 0.1) is 55.7 Å². The largest absolute Gasteiger partial charge is 0.496 e. The first kappa shape index (κ1) is 28.4. The Bertz CT molecular complexity index is 1700. The number of hydrogen-bond donors (Lipinski definition) is 3. The molecule has 2 amide bonds. The number of methoxy groups -OCH3 is 1. The Morgan fingerprint density at radius 2 is 1.81 bits per heavy atom. The monoisotopic (exact) mass is 582 g/mol. The van der Waals surface area contributed by atoms with Crippen molar-refractivity contribution in [3.8, 4) is 28.1 Å². The second-order valence-electron chi connectivity index (χ2n) is 10.7. The molecule has 2 aromatic carbocycles. The van der Waals surface area contributed by atoms with Gasteiger partial charge in [-0.05, 0) is 48.7 Å². The van der Waals surface area contributed by atoms with Gasteiger partial charge in [-0.2, -0.15) is 0 Å². The molecule has 2 saturated heterocycles. The summed E-state index contributed by atoms with van der Waals surface area (Å²) < 4.78 is 19.0. The van der Waals surface area contributed by atoms with Crippen LogP contribution in [0, 0.1) is 0 Å². The molecule has 2 aliphatic rings. The molecule has 0 bridgehead atoms. The molecule has 1 atom stereocenters. The van der Waals surface area contributed by atoms with Crippen molar-refractivity contribution in [2.45, 2.75) is 25.4 Å². The molecule has 2 aliphatic heterocycles. The van der Waals surface area contributed by atoms with E-state index in [4.69, 9.17) is 19.2 Å². The van der Waals surface area contributed by atoms with Gasteiger partial charge in [-0.3, -0.25) is 9.59 Å². The number of ether oxygens (including phenoxy) is 3. The number of benzene rings is 2. The van der Waals surface area contributed by atoms with E-state index in [-0.39, 0.29) is 23.9 Å². The minimum Gasteiger partial charge on any atom is -0.496 e. The fourth-order valence-corrected chi connectivity index (χ4v) is 5.51.